The zero-order chi connectivity index (χ0) is 14.4. The fourth-order valence-corrected chi connectivity index (χ4v) is 2.59. The van der Waals surface area contributed by atoms with Crippen LogP contribution >= 0.6 is 11.5 Å². The van der Waals surface area contributed by atoms with Crippen molar-refractivity contribution in [1.29, 1.82) is 0 Å². The topological polar surface area (TPSA) is 63.8 Å². The lowest BCUT2D eigenvalue weighted by Gasteiger charge is -2.14. The van der Waals surface area contributed by atoms with E-state index in [1.54, 1.807) is 12.1 Å². The number of rotatable bonds is 7. The Morgan fingerprint density at radius 3 is 2.75 bits per heavy atom. The highest BCUT2D eigenvalue weighted by Crippen LogP contribution is 2.17. The van der Waals surface area contributed by atoms with Crippen molar-refractivity contribution in [2.45, 2.75) is 32.2 Å². The molecule has 0 aliphatic heterocycles. The molecule has 0 spiro atoms. The Balaban J connectivity index is 1.96. The molecule has 0 saturated carbocycles. The Morgan fingerprint density at radius 2 is 2.10 bits per heavy atom. The first-order valence-corrected chi connectivity index (χ1v) is 7.52. The van der Waals surface area contributed by atoms with Gasteiger partial charge in [0.1, 0.15) is 11.6 Å². The van der Waals surface area contributed by atoms with Gasteiger partial charge in [0.2, 0.25) is 5.13 Å². The van der Waals surface area contributed by atoms with E-state index < -0.39 is 0 Å². The molecule has 2 rings (SSSR count). The fraction of sp³-hybridized carbons (Fsp3) is 0.429. The standard InChI is InChI=1S/C14H19FN4S/c1-2-12(7-8-16)17-14-18-13(19-20-14)9-10-3-5-11(15)6-4-10/h3-6,12H,2,7-9,16H2,1H3,(H,17,18,19). The van der Waals surface area contributed by atoms with Crippen molar-refractivity contribution in [2.75, 3.05) is 11.9 Å². The molecule has 1 aromatic carbocycles. The molecular formula is C14H19FN4S. The van der Waals surface area contributed by atoms with Crippen molar-refractivity contribution < 1.29 is 4.39 Å². The summed E-state index contributed by atoms with van der Waals surface area (Å²) in [6.07, 6.45) is 2.54. The van der Waals surface area contributed by atoms with E-state index >= 15 is 0 Å². The third-order valence-corrected chi connectivity index (χ3v) is 3.76. The SMILES string of the molecule is CCC(CCN)Nc1nc(Cc2ccc(F)cc2)ns1. The first-order chi connectivity index (χ1) is 9.71. The van der Waals surface area contributed by atoms with E-state index in [4.69, 9.17) is 5.73 Å². The second-order valence-corrected chi connectivity index (χ2v) is 5.40. The smallest absolute Gasteiger partial charge is 0.202 e. The minimum Gasteiger partial charge on any atom is -0.358 e. The molecule has 2 aromatic rings. The average molecular weight is 294 g/mol. The first-order valence-electron chi connectivity index (χ1n) is 6.75. The average Bonchev–Trinajstić information content (AvgIpc) is 2.88. The third-order valence-electron chi connectivity index (χ3n) is 3.08. The number of anilines is 1. The minimum absolute atomic E-state index is 0.227. The summed E-state index contributed by atoms with van der Waals surface area (Å²) in [6, 6.07) is 6.76. The maximum Gasteiger partial charge on any atom is 0.202 e. The molecule has 20 heavy (non-hydrogen) atoms. The normalized spacial score (nSPS) is 12.3. The Labute approximate surface area is 122 Å². The van der Waals surface area contributed by atoms with Crippen LogP contribution in [-0.2, 0) is 6.42 Å². The van der Waals surface area contributed by atoms with Gasteiger partial charge in [-0.25, -0.2) is 9.37 Å². The van der Waals surface area contributed by atoms with Crippen LogP contribution in [0.4, 0.5) is 9.52 Å². The molecule has 0 bridgehead atoms. The summed E-state index contributed by atoms with van der Waals surface area (Å²) in [7, 11) is 0. The van der Waals surface area contributed by atoms with Gasteiger partial charge >= 0.3 is 0 Å². The van der Waals surface area contributed by atoms with E-state index in [2.05, 4.69) is 21.6 Å². The van der Waals surface area contributed by atoms with Gasteiger partial charge < -0.3 is 11.1 Å². The summed E-state index contributed by atoms with van der Waals surface area (Å²) in [5.74, 6) is 0.529. The van der Waals surface area contributed by atoms with Crippen LogP contribution in [0, 0.1) is 5.82 Å². The number of aromatic nitrogens is 2. The van der Waals surface area contributed by atoms with Crippen molar-refractivity contribution in [3.63, 3.8) is 0 Å². The minimum atomic E-state index is -0.227. The quantitative estimate of drug-likeness (QED) is 0.824. The van der Waals surface area contributed by atoms with Crippen LogP contribution in [0.1, 0.15) is 31.2 Å². The molecule has 1 unspecified atom stereocenters. The molecule has 0 radical (unpaired) electrons. The van der Waals surface area contributed by atoms with Crippen LogP contribution in [0.5, 0.6) is 0 Å². The summed E-state index contributed by atoms with van der Waals surface area (Å²) in [5, 5.41) is 4.17. The van der Waals surface area contributed by atoms with Gasteiger partial charge in [0, 0.05) is 24.0 Å². The van der Waals surface area contributed by atoms with Gasteiger partial charge in [0.25, 0.3) is 0 Å². The number of nitrogens with one attached hydrogen (secondary N) is 1. The lowest BCUT2D eigenvalue weighted by molar-refractivity contribution is 0.627. The number of hydrogen-bond donors (Lipinski definition) is 2. The second-order valence-electron chi connectivity index (χ2n) is 4.65. The highest BCUT2D eigenvalue weighted by atomic mass is 32.1. The zero-order valence-corrected chi connectivity index (χ0v) is 12.3. The van der Waals surface area contributed by atoms with Crippen LogP contribution in [0.3, 0.4) is 0 Å². The van der Waals surface area contributed by atoms with E-state index in [0.717, 1.165) is 29.4 Å². The summed E-state index contributed by atoms with van der Waals surface area (Å²) in [5.41, 5.74) is 6.58. The predicted octanol–water partition coefficient (Wildman–Crippen LogP) is 2.81. The van der Waals surface area contributed by atoms with Crippen LogP contribution in [-0.4, -0.2) is 21.9 Å². The number of hydrogen-bond acceptors (Lipinski definition) is 5. The van der Waals surface area contributed by atoms with Crippen molar-refractivity contribution in [3.8, 4) is 0 Å². The van der Waals surface area contributed by atoms with Crippen LogP contribution in [0.15, 0.2) is 24.3 Å². The molecule has 6 heteroatoms. The molecule has 0 fully saturated rings. The van der Waals surface area contributed by atoms with Gasteiger partial charge in [-0.2, -0.15) is 4.37 Å². The van der Waals surface area contributed by atoms with Crippen molar-refractivity contribution in [1.82, 2.24) is 9.36 Å². The molecule has 0 aliphatic rings. The molecule has 1 heterocycles. The van der Waals surface area contributed by atoms with Crippen LogP contribution in [0.25, 0.3) is 0 Å². The Bertz CT molecular complexity index is 526. The lowest BCUT2D eigenvalue weighted by Crippen LogP contribution is -2.22. The predicted molar refractivity (Wildman–Crippen MR) is 80.5 cm³/mol. The molecule has 0 amide bonds. The largest absolute Gasteiger partial charge is 0.358 e. The number of benzene rings is 1. The molecule has 108 valence electrons. The van der Waals surface area contributed by atoms with E-state index in [1.165, 1.54) is 23.7 Å². The number of nitrogens with two attached hydrogens (primary N) is 1. The molecule has 1 aromatic heterocycles. The first kappa shape index (κ1) is 14.9. The van der Waals surface area contributed by atoms with E-state index in [1.807, 2.05) is 0 Å². The Hall–Kier alpha value is -1.53. The van der Waals surface area contributed by atoms with Gasteiger partial charge in [-0.15, -0.1) is 0 Å². The molecule has 0 saturated heterocycles. The zero-order valence-electron chi connectivity index (χ0n) is 11.5. The van der Waals surface area contributed by atoms with Gasteiger partial charge in [0.05, 0.1) is 0 Å². The summed E-state index contributed by atoms with van der Waals surface area (Å²) in [6.45, 7) is 2.78. The van der Waals surface area contributed by atoms with Crippen molar-refractivity contribution in [2.24, 2.45) is 5.73 Å². The van der Waals surface area contributed by atoms with Crippen LogP contribution in [0.2, 0.25) is 0 Å². The van der Waals surface area contributed by atoms with Gasteiger partial charge in [0.15, 0.2) is 0 Å². The Morgan fingerprint density at radius 1 is 1.35 bits per heavy atom. The fourth-order valence-electron chi connectivity index (χ4n) is 1.92. The van der Waals surface area contributed by atoms with Crippen LogP contribution < -0.4 is 11.1 Å². The van der Waals surface area contributed by atoms with Gasteiger partial charge in [-0.05, 0) is 37.1 Å². The highest BCUT2D eigenvalue weighted by molar-refractivity contribution is 7.09. The molecule has 1 atom stereocenters. The summed E-state index contributed by atoms with van der Waals surface area (Å²) >= 11 is 1.35. The molecule has 4 nitrogen and oxygen atoms in total. The third kappa shape index (κ3) is 4.25. The number of halogens is 1. The van der Waals surface area contributed by atoms with Crippen molar-refractivity contribution in [3.05, 3.63) is 41.5 Å². The molecular weight excluding hydrogens is 275 g/mol. The lowest BCUT2D eigenvalue weighted by atomic mass is 10.1. The molecule has 3 N–H and O–H groups in total. The van der Waals surface area contributed by atoms with Gasteiger partial charge in [-0.3, -0.25) is 0 Å². The maximum absolute atomic E-state index is 12.8. The number of nitrogens with zero attached hydrogens (tertiary/aromatic N) is 2. The van der Waals surface area contributed by atoms with Crippen molar-refractivity contribution >= 4 is 16.7 Å². The Kier molecular flexibility index (Phi) is 5.43. The maximum atomic E-state index is 12.8. The van der Waals surface area contributed by atoms with E-state index in [0.29, 0.717) is 19.0 Å². The van der Waals surface area contributed by atoms with E-state index in [9.17, 15) is 4.39 Å². The van der Waals surface area contributed by atoms with Gasteiger partial charge in [-0.1, -0.05) is 19.1 Å². The van der Waals surface area contributed by atoms with E-state index in [-0.39, 0.29) is 5.82 Å². The summed E-state index contributed by atoms with van der Waals surface area (Å²) < 4.78 is 17.2. The molecule has 0 aliphatic carbocycles. The highest BCUT2D eigenvalue weighted by Gasteiger charge is 2.09. The summed E-state index contributed by atoms with van der Waals surface area (Å²) in [4.78, 5) is 4.46. The monoisotopic (exact) mass is 294 g/mol. The second kappa shape index (κ2) is 7.31.